The predicted molar refractivity (Wildman–Crippen MR) is 87.0 cm³/mol. The van der Waals surface area contributed by atoms with Crippen LogP contribution in [0.5, 0.6) is 0 Å². The summed E-state index contributed by atoms with van der Waals surface area (Å²) < 4.78 is 0. The molecule has 1 N–H and O–H groups in total. The minimum absolute atomic E-state index is 0.818. The molecular formula is C18H30N2. The van der Waals surface area contributed by atoms with Gasteiger partial charge in [0.15, 0.2) is 0 Å². The summed E-state index contributed by atoms with van der Waals surface area (Å²) in [5.41, 5.74) is 3.02. The summed E-state index contributed by atoms with van der Waals surface area (Å²) in [5.74, 6) is 0. The highest BCUT2D eigenvalue weighted by atomic mass is 15.1. The summed E-state index contributed by atoms with van der Waals surface area (Å²) in [4.78, 5) is 2.46. The van der Waals surface area contributed by atoms with Gasteiger partial charge in [-0.15, -0.1) is 0 Å². The molecule has 0 heterocycles. The summed E-state index contributed by atoms with van der Waals surface area (Å²) in [6.45, 7) is 5.69. The van der Waals surface area contributed by atoms with Gasteiger partial charge in [0.2, 0.25) is 0 Å². The average molecular weight is 274 g/mol. The summed E-state index contributed by atoms with van der Waals surface area (Å²) in [6, 6.07) is 9.76. The molecule has 1 fully saturated rings. The Balaban J connectivity index is 1.79. The summed E-state index contributed by atoms with van der Waals surface area (Å²) in [7, 11) is 2.24. The van der Waals surface area contributed by atoms with Crippen molar-refractivity contribution in [3.63, 3.8) is 0 Å². The second kappa shape index (κ2) is 8.43. The molecule has 2 rings (SSSR count). The third-order valence-electron chi connectivity index (χ3n) is 4.11. The number of benzene rings is 1. The monoisotopic (exact) mass is 274 g/mol. The predicted octanol–water partition coefficient (Wildman–Crippen LogP) is 3.60. The maximum atomic E-state index is 3.61. The highest BCUT2D eigenvalue weighted by Crippen LogP contribution is 2.19. The average Bonchev–Trinajstić information content (AvgIpc) is 3.25. The van der Waals surface area contributed by atoms with E-state index in [1.54, 1.807) is 0 Å². The van der Waals surface area contributed by atoms with Crippen LogP contribution in [0.2, 0.25) is 0 Å². The molecule has 2 heteroatoms. The topological polar surface area (TPSA) is 15.3 Å². The van der Waals surface area contributed by atoms with E-state index in [1.807, 2.05) is 0 Å². The van der Waals surface area contributed by atoms with Gasteiger partial charge in [0, 0.05) is 12.6 Å². The first-order valence-electron chi connectivity index (χ1n) is 8.28. The second-order valence-corrected chi connectivity index (χ2v) is 6.19. The normalized spacial score (nSPS) is 14.9. The second-order valence-electron chi connectivity index (χ2n) is 6.19. The zero-order valence-corrected chi connectivity index (χ0v) is 13.2. The van der Waals surface area contributed by atoms with E-state index in [0.717, 1.165) is 25.6 Å². The first-order valence-corrected chi connectivity index (χ1v) is 8.28. The summed E-state index contributed by atoms with van der Waals surface area (Å²) in [6.07, 6.45) is 7.88. The number of nitrogens with zero attached hydrogens (tertiary/aromatic N) is 1. The lowest BCUT2D eigenvalue weighted by Crippen LogP contribution is -2.22. The van der Waals surface area contributed by atoms with Crippen LogP contribution in [0, 0.1) is 0 Å². The van der Waals surface area contributed by atoms with Gasteiger partial charge in [0.1, 0.15) is 0 Å². The number of hydrogen-bond acceptors (Lipinski definition) is 2. The van der Waals surface area contributed by atoms with E-state index >= 15 is 0 Å². The molecule has 0 aromatic heterocycles. The van der Waals surface area contributed by atoms with Crippen LogP contribution in [0.3, 0.4) is 0 Å². The van der Waals surface area contributed by atoms with Crippen LogP contribution in [-0.4, -0.2) is 31.1 Å². The fraction of sp³-hybridized carbons (Fsp3) is 0.667. The molecule has 0 atom stereocenters. The van der Waals surface area contributed by atoms with Crippen molar-refractivity contribution in [3.05, 3.63) is 35.4 Å². The minimum Gasteiger partial charge on any atom is -0.314 e. The van der Waals surface area contributed by atoms with Gasteiger partial charge < -0.3 is 10.2 Å². The van der Waals surface area contributed by atoms with Crippen molar-refractivity contribution in [1.82, 2.24) is 10.2 Å². The Hall–Kier alpha value is -0.860. The lowest BCUT2D eigenvalue weighted by atomic mass is 10.0. The summed E-state index contributed by atoms with van der Waals surface area (Å²) in [5, 5.41) is 3.61. The molecule has 1 aromatic rings. The first kappa shape index (κ1) is 15.5. The van der Waals surface area contributed by atoms with Crippen LogP contribution < -0.4 is 5.32 Å². The molecule has 2 nitrogen and oxygen atoms in total. The van der Waals surface area contributed by atoms with Crippen LogP contribution >= 0.6 is 0 Å². The Kier molecular flexibility index (Phi) is 6.55. The highest BCUT2D eigenvalue weighted by Gasteiger charge is 2.19. The quantitative estimate of drug-likeness (QED) is 0.656. The van der Waals surface area contributed by atoms with Crippen LogP contribution in [0.25, 0.3) is 0 Å². The van der Waals surface area contributed by atoms with Crippen LogP contribution in [0.4, 0.5) is 0 Å². The van der Waals surface area contributed by atoms with Crippen LogP contribution in [0.1, 0.15) is 50.2 Å². The summed E-state index contributed by atoms with van der Waals surface area (Å²) >= 11 is 0. The zero-order valence-electron chi connectivity index (χ0n) is 13.2. The Bertz CT molecular complexity index is 385. The van der Waals surface area contributed by atoms with Gasteiger partial charge in [0.25, 0.3) is 0 Å². The molecule has 0 radical (unpaired) electrons. The van der Waals surface area contributed by atoms with Crippen LogP contribution in [-0.2, 0) is 13.0 Å². The van der Waals surface area contributed by atoms with E-state index in [4.69, 9.17) is 0 Å². The van der Waals surface area contributed by atoms with Gasteiger partial charge in [-0.25, -0.2) is 0 Å². The number of unbranched alkanes of at least 4 members (excludes halogenated alkanes) is 2. The third-order valence-corrected chi connectivity index (χ3v) is 4.11. The van der Waals surface area contributed by atoms with Gasteiger partial charge in [0.05, 0.1) is 0 Å². The van der Waals surface area contributed by atoms with Gasteiger partial charge in [-0.2, -0.15) is 0 Å². The molecule has 0 aliphatic heterocycles. The molecule has 0 unspecified atom stereocenters. The lowest BCUT2D eigenvalue weighted by molar-refractivity contribution is 0.317. The molecule has 0 bridgehead atoms. The Morgan fingerprint density at radius 3 is 2.60 bits per heavy atom. The number of rotatable bonds is 10. The lowest BCUT2D eigenvalue weighted by Gasteiger charge is -2.19. The van der Waals surface area contributed by atoms with Crippen LogP contribution in [0.15, 0.2) is 24.3 Å². The molecule has 1 aromatic carbocycles. The van der Waals surface area contributed by atoms with Crippen molar-refractivity contribution < 1.29 is 0 Å². The van der Waals surface area contributed by atoms with Crippen molar-refractivity contribution in [2.45, 2.75) is 58.0 Å². The molecule has 20 heavy (non-hydrogen) atoms. The van der Waals surface area contributed by atoms with Crippen molar-refractivity contribution in [3.8, 4) is 0 Å². The van der Waals surface area contributed by atoms with E-state index in [0.29, 0.717) is 0 Å². The fourth-order valence-corrected chi connectivity index (χ4v) is 2.66. The van der Waals surface area contributed by atoms with Gasteiger partial charge in [-0.1, -0.05) is 44.0 Å². The van der Waals surface area contributed by atoms with Gasteiger partial charge in [-0.05, 0) is 56.9 Å². The Labute approximate surface area is 124 Å². The molecule has 1 aliphatic carbocycles. The fourth-order valence-electron chi connectivity index (χ4n) is 2.66. The molecule has 0 spiro atoms. The first-order chi connectivity index (χ1) is 9.79. The molecule has 1 aliphatic rings. The van der Waals surface area contributed by atoms with Gasteiger partial charge >= 0.3 is 0 Å². The Morgan fingerprint density at radius 1 is 1.15 bits per heavy atom. The highest BCUT2D eigenvalue weighted by molar-refractivity contribution is 5.27. The van der Waals surface area contributed by atoms with Crippen molar-refractivity contribution >= 4 is 0 Å². The molecular weight excluding hydrogens is 244 g/mol. The minimum atomic E-state index is 0.818. The maximum Gasteiger partial charge on any atom is 0.0233 e. The Morgan fingerprint density at radius 2 is 1.90 bits per heavy atom. The van der Waals surface area contributed by atoms with E-state index in [-0.39, 0.29) is 0 Å². The van der Waals surface area contributed by atoms with E-state index in [1.165, 1.54) is 49.8 Å². The van der Waals surface area contributed by atoms with Crippen molar-refractivity contribution in [1.29, 1.82) is 0 Å². The maximum absolute atomic E-state index is 3.61. The smallest absolute Gasteiger partial charge is 0.0233 e. The van der Waals surface area contributed by atoms with E-state index in [9.17, 15) is 0 Å². The van der Waals surface area contributed by atoms with Crippen molar-refractivity contribution in [2.24, 2.45) is 0 Å². The van der Waals surface area contributed by atoms with Gasteiger partial charge in [-0.3, -0.25) is 0 Å². The molecule has 1 saturated carbocycles. The number of hydrogen-bond donors (Lipinski definition) is 1. The largest absolute Gasteiger partial charge is 0.314 e. The van der Waals surface area contributed by atoms with E-state index in [2.05, 4.69) is 48.5 Å². The third kappa shape index (κ3) is 5.64. The standard InChI is InChI=1S/C18H30N2/c1-3-4-7-14-20(2)15-17-9-6-5-8-16(17)12-13-19-18-10-11-18/h5-6,8-9,18-19H,3-4,7,10-15H2,1-2H3. The molecule has 0 amide bonds. The van der Waals surface area contributed by atoms with E-state index < -0.39 is 0 Å². The van der Waals surface area contributed by atoms with Crippen molar-refractivity contribution in [2.75, 3.05) is 20.1 Å². The zero-order chi connectivity index (χ0) is 14.2. The molecule has 112 valence electrons. The number of nitrogens with one attached hydrogen (secondary N) is 1. The molecule has 0 saturated heterocycles. The SMILES string of the molecule is CCCCCN(C)Cc1ccccc1CCNC1CC1.